The SMILES string of the molecule is N#Cc1cccc(-c2cc(Cl)ccc2F)c1. The molecule has 0 amide bonds. The number of nitrogens with zero attached hydrogens (tertiary/aromatic N) is 1. The number of hydrogen-bond donors (Lipinski definition) is 0. The topological polar surface area (TPSA) is 23.8 Å². The Labute approximate surface area is 97.7 Å². The maximum atomic E-state index is 13.5. The molecule has 2 rings (SSSR count). The summed E-state index contributed by atoms with van der Waals surface area (Å²) in [4.78, 5) is 0. The van der Waals surface area contributed by atoms with Crippen LogP contribution in [0.1, 0.15) is 5.56 Å². The number of rotatable bonds is 1. The van der Waals surface area contributed by atoms with E-state index in [1.165, 1.54) is 12.1 Å². The quantitative estimate of drug-likeness (QED) is 0.727. The minimum atomic E-state index is -0.348. The molecule has 1 nitrogen and oxygen atoms in total. The van der Waals surface area contributed by atoms with Crippen molar-refractivity contribution < 1.29 is 4.39 Å². The molecule has 0 aliphatic rings. The Morgan fingerprint density at radius 3 is 2.69 bits per heavy atom. The third-order valence-electron chi connectivity index (χ3n) is 2.23. The van der Waals surface area contributed by atoms with Crippen LogP contribution in [0, 0.1) is 17.1 Å². The Bertz CT molecular complexity index is 572. The molecule has 0 aliphatic heterocycles. The summed E-state index contributed by atoms with van der Waals surface area (Å²) in [7, 11) is 0. The zero-order valence-corrected chi connectivity index (χ0v) is 9.00. The van der Waals surface area contributed by atoms with E-state index in [1.807, 2.05) is 6.07 Å². The van der Waals surface area contributed by atoms with Gasteiger partial charge in [-0.1, -0.05) is 23.7 Å². The van der Waals surface area contributed by atoms with Gasteiger partial charge in [0.05, 0.1) is 11.6 Å². The van der Waals surface area contributed by atoms with Crippen LogP contribution < -0.4 is 0 Å². The number of halogens is 2. The summed E-state index contributed by atoms with van der Waals surface area (Å²) in [6.45, 7) is 0. The van der Waals surface area contributed by atoms with E-state index in [0.29, 0.717) is 21.7 Å². The summed E-state index contributed by atoms with van der Waals surface area (Å²) < 4.78 is 13.5. The van der Waals surface area contributed by atoms with Crippen LogP contribution in [0.4, 0.5) is 4.39 Å². The van der Waals surface area contributed by atoms with Gasteiger partial charge in [-0.2, -0.15) is 5.26 Å². The van der Waals surface area contributed by atoms with Crippen LogP contribution >= 0.6 is 11.6 Å². The molecule has 0 heterocycles. The van der Waals surface area contributed by atoms with Gasteiger partial charge in [0.2, 0.25) is 0 Å². The Morgan fingerprint density at radius 2 is 1.94 bits per heavy atom. The monoisotopic (exact) mass is 231 g/mol. The van der Waals surface area contributed by atoms with E-state index in [4.69, 9.17) is 16.9 Å². The third kappa shape index (κ3) is 2.05. The van der Waals surface area contributed by atoms with E-state index in [9.17, 15) is 4.39 Å². The van der Waals surface area contributed by atoms with E-state index in [2.05, 4.69) is 0 Å². The zero-order valence-electron chi connectivity index (χ0n) is 8.24. The van der Waals surface area contributed by atoms with Crippen molar-refractivity contribution in [3.8, 4) is 17.2 Å². The molecule has 2 aromatic carbocycles. The Balaban J connectivity index is 2.58. The van der Waals surface area contributed by atoms with Crippen LogP contribution in [-0.2, 0) is 0 Å². The summed E-state index contributed by atoms with van der Waals surface area (Å²) in [5, 5.41) is 9.23. The van der Waals surface area contributed by atoms with Crippen molar-refractivity contribution in [3.63, 3.8) is 0 Å². The van der Waals surface area contributed by atoms with E-state index in [0.717, 1.165) is 0 Å². The van der Waals surface area contributed by atoms with E-state index in [1.54, 1.807) is 30.3 Å². The Hall–Kier alpha value is -1.85. The molecule has 3 heteroatoms. The summed E-state index contributed by atoms with van der Waals surface area (Å²) in [6, 6.07) is 13.1. The summed E-state index contributed by atoms with van der Waals surface area (Å²) in [5.74, 6) is -0.348. The molecule has 0 aliphatic carbocycles. The first-order valence-electron chi connectivity index (χ1n) is 4.66. The zero-order chi connectivity index (χ0) is 11.5. The molecule has 16 heavy (non-hydrogen) atoms. The van der Waals surface area contributed by atoms with Gasteiger partial charge in [-0.15, -0.1) is 0 Å². The molecule has 0 fully saturated rings. The molecular weight excluding hydrogens is 225 g/mol. The van der Waals surface area contributed by atoms with Crippen molar-refractivity contribution >= 4 is 11.6 Å². The predicted molar refractivity (Wildman–Crippen MR) is 61.6 cm³/mol. The third-order valence-corrected chi connectivity index (χ3v) is 2.47. The molecule has 0 N–H and O–H groups in total. The first-order valence-corrected chi connectivity index (χ1v) is 5.04. The lowest BCUT2D eigenvalue weighted by atomic mass is 10.0. The van der Waals surface area contributed by atoms with Gasteiger partial charge in [0.15, 0.2) is 0 Å². The number of benzene rings is 2. The fraction of sp³-hybridized carbons (Fsp3) is 0. The van der Waals surface area contributed by atoms with E-state index in [-0.39, 0.29) is 5.82 Å². The standard InChI is InChI=1S/C13H7ClFN/c14-11-4-5-13(15)12(7-11)10-3-1-2-9(6-10)8-16/h1-7H. The summed E-state index contributed by atoms with van der Waals surface area (Å²) in [6.07, 6.45) is 0. The molecule has 0 spiro atoms. The van der Waals surface area contributed by atoms with Crippen molar-refractivity contribution in [1.29, 1.82) is 5.26 Å². The molecule has 0 aromatic heterocycles. The highest BCUT2D eigenvalue weighted by atomic mass is 35.5. The van der Waals surface area contributed by atoms with Gasteiger partial charge < -0.3 is 0 Å². The molecule has 0 saturated heterocycles. The largest absolute Gasteiger partial charge is 0.206 e. The summed E-state index contributed by atoms with van der Waals surface area (Å²) >= 11 is 5.81. The minimum Gasteiger partial charge on any atom is -0.206 e. The van der Waals surface area contributed by atoms with Crippen LogP contribution in [0.2, 0.25) is 5.02 Å². The Morgan fingerprint density at radius 1 is 1.12 bits per heavy atom. The number of nitriles is 1. The van der Waals surface area contributed by atoms with Gasteiger partial charge in [-0.3, -0.25) is 0 Å². The molecule has 0 unspecified atom stereocenters. The van der Waals surface area contributed by atoms with Crippen molar-refractivity contribution in [3.05, 3.63) is 58.9 Å². The van der Waals surface area contributed by atoms with Gasteiger partial charge in [0.25, 0.3) is 0 Å². The minimum absolute atomic E-state index is 0.348. The lowest BCUT2D eigenvalue weighted by Crippen LogP contribution is -1.85. The fourth-order valence-electron chi connectivity index (χ4n) is 1.47. The average Bonchev–Trinajstić information content (AvgIpc) is 2.32. The first-order chi connectivity index (χ1) is 7.70. The van der Waals surface area contributed by atoms with Gasteiger partial charge in [0, 0.05) is 10.6 Å². The van der Waals surface area contributed by atoms with Crippen molar-refractivity contribution in [1.82, 2.24) is 0 Å². The van der Waals surface area contributed by atoms with Crippen molar-refractivity contribution in [2.24, 2.45) is 0 Å². The van der Waals surface area contributed by atoms with E-state index < -0.39 is 0 Å². The maximum absolute atomic E-state index is 13.5. The maximum Gasteiger partial charge on any atom is 0.131 e. The van der Waals surface area contributed by atoms with Crippen molar-refractivity contribution in [2.45, 2.75) is 0 Å². The number of hydrogen-bond acceptors (Lipinski definition) is 1. The highest BCUT2D eigenvalue weighted by Gasteiger charge is 2.06. The smallest absolute Gasteiger partial charge is 0.131 e. The molecule has 0 saturated carbocycles. The van der Waals surface area contributed by atoms with Crippen LogP contribution in [0.15, 0.2) is 42.5 Å². The predicted octanol–water partition coefficient (Wildman–Crippen LogP) is 4.02. The lowest BCUT2D eigenvalue weighted by molar-refractivity contribution is 0.631. The second-order valence-electron chi connectivity index (χ2n) is 3.32. The van der Waals surface area contributed by atoms with Crippen LogP contribution in [0.5, 0.6) is 0 Å². The van der Waals surface area contributed by atoms with Gasteiger partial charge in [-0.05, 0) is 35.9 Å². The molecular formula is C13H7ClFN. The average molecular weight is 232 g/mol. The summed E-state index contributed by atoms with van der Waals surface area (Å²) in [5.41, 5.74) is 1.56. The molecule has 78 valence electrons. The lowest BCUT2D eigenvalue weighted by Gasteiger charge is -2.04. The normalized spacial score (nSPS) is 9.81. The molecule has 0 radical (unpaired) electrons. The second-order valence-corrected chi connectivity index (χ2v) is 3.75. The molecule has 0 bridgehead atoms. The fourth-order valence-corrected chi connectivity index (χ4v) is 1.65. The van der Waals surface area contributed by atoms with E-state index >= 15 is 0 Å². The van der Waals surface area contributed by atoms with Gasteiger partial charge in [0.1, 0.15) is 5.82 Å². The second kappa shape index (κ2) is 4.34. The first kappa shape index (κ1) is 10.7. The van der Waals surface area contributed by atoms with Crippen LogP contribution in [0.25, 0.3) is 11.1 Å². The highest BCUT2D eigenvalue weighted by Crippen LogP contribution is 2.26. The van der Waals surface area contributed by atoms with Gasteiger partial charge >= 0.3 is 0 Å². The Kier molecular flexibility index (Phi) is 2.89. The van der Waals surface area contributed by atoms with Crippen LogP contribution in [0.3, 0.4) is 0 Å². The highest BCUT2D eigenvalue weighted by molar-refractivity contribution is 6.30. The van der Waals surface area contributed by atoms with Crippen LogP contribution in [-0.4, -0.2) is 0 Å². The molecule has 0 atom stereocenters. The molecule has 2 aromatic rings. The van der Waals surface area contributed by atoms with Gasteiger partial charge in [-0.25, -0.2) is 4.39 Å². The van der Waals surface area contributed by atoms with Crippen molar-refractivity contribution in [2.75, 3.05) is 0 Å².